The number of halogens is 1. The molecule has 0 aliphatic heterocycles. The molecule has 130 valence electrons. The van der Waals surface area contributed by atoms with Crippen LogP contribution in [0.1, 0.15) is 0 Å². The molecule has 2 aromatic heterocycles. The zero-order chi connectivity index (χ0) is 17.9. The smallest absolute Gasteiger partial charge is 0.262 e. The number of nitrogens with one attached hydrogen (secondary N) is 1. The average molecular weight is 428 g/mol. The second-order valence-electron chi connectivity index (χ2n) is 5.59. The van der Waals surface area contributed by atoms with Crippen LogP contribution in [0.15, 0.2) is 70.8 Å². The van der Waals surface area contributed by atoms with E-state index in [1.807, 2.05) is 70.7 Å². The molecule has 1 amide bonds. The van der Waals surface area contributed by atoms with Gasteiger partial charge < -0.3 is 10.1 Å². The quantitative estimate of drug-likeness (QED) is 0.495. The minimum Gasteiger partial charge on any atom is -0.484 e. The van der Waals surface area contributed by atoms with Crippen molar-refractivity contribution in [3.05, 3.63) is 70.8 Å². The highest BCUT2D eigenvalue weighted by atomic mass is 79.9. The number of anilines is 1. The number of nitrogens with zero attached hydrogens (tertiary/aromatic N) is 2. The first kappa shape index (κ1) is 16.8. The predicted octanol–water partition coefficient (Wildman–Crippen LogP) is 4.84. The Morgan fingerprint density at radius 3 is 2.85 bits per heavy atom. The van der Waals surface area contributed by atoms with Crippen molar-refractivity contribution in [1.82, 2.24) is 9.38 Å². The molecule has 0 saturated carbocycles. The molecular weight excluding hydrogens is 414 g/mol. The Balaban J connectivity index is 1.37. The summed E-state index contributed by atoms with van der Waals surface area (Å²) in [5.74, 6) is 0.435. The van der Waals surface area contributed by atoms with E-state index in [1.165, 1.54) is 0 Å². The van der Waals surface area contributed by atoms with E-state index in [-0.39, 0.29) is 12.5 Å². The van der Waals surface area contributed by atoms with Crippen LogP contribution < -0.4 is 10.1 Å². The molecular formula is C19H14BrN3O2S. The zero-order valence-electron chi connectivity index (χ0n) is 13.6. The van der Waals surface area contributed by atoms with Crippen molar-refractivity contribution in [3.8, 4) is 17.0 Å². The van der Waals surface area contributed by atoms with E-state index in [0.29, 0.717) is 5.75 Å². The van der Waals surface area contributed by atoms with Gasteiger partial charge >= 0.3 is 0 Å². The molecule has 0 spiro atoms. The van der Waals surface area contributed by atoms with E-state index >= 15 is 0 Å². The average Bonchev–Trinajstić information content (AvgIpc) is 3.23. The molecule has 4 aromatic rings. The van der Waals surface area contributed by atoms with Gasteiger partial charge in [0.2, 0.25) is 0 Å². The highest BCUT2D eigenvalue weighted by Gasteiger charge is 2.07. The number of carbonyl (C=O) groups excluding carboxylic acids is 1. The summed E-state index contributed by atoms with van der Waals surface area (Å²) in [7, 11) is 0. The second-order valence-corrected chi connectivity index (χ2v) is 7.38. The summed E-state index contributed by atoms with van der Waals surface area (Å²) in [6, 6.07) is 15.0. The number of benzene rings is 2. The number of thiazole rings is 1. The molecule has 2 heterocycles. The molecule has 0 bridgehead atoms. The van der Waals surface area contributed by atoms with Crippen molar-refractivity contribution in [3.63, 3.8) is 0 Å². The molecule has 0 unspecified atom stereocenters. The molecule has 7 heteroatoms. The molecule has 26 heavy (non-hydrogen) atoms. The third-order valence-corrected chi connectivity index (χ3v) is 4.99. The van der Waals surface area contributed by atoms with Gasteiger partial charge in [0, 0.05) is 33.5 Å². The van der Waals surface area contributed by atoms with Gasteiger partial charge in [-0.25, -0.2) is 4.98 Å². The third kappa shape index (κ3) is 3.79. The fourth-order valence-corrected chi connectivity index (χ4v) is 3.57. The van der Waals surface area contributed by atoms with E-state index in [2.05, 4.69) is 26.2 Å². The summed E-state index contributed by atoms with van der Waals surface area (Å²) >= 11 is 4.97. The van der Waals surface area contributed by atoms with Gasteiger partial charge in [-0.1, -0.05) is 34.1 Å². The molecule has 0 atom stereocenters. The highest BCUT2D eigenvalue weighted by molar-refractivity contribution is 9.10. The maximum Gasteiger partial charge on any atom is 0.262 e. The highest BCUT2D eigenvalue weighted by Crippen LogP contribution is 2.23. The second kappa shape index (κ2) is 7.31. The van der Waals surface area contributed by atoms with E-state index in [0.717, 1.165) is 26.4 Å². The predicted molar refractivity (Wildman–Crippen MR) is 107 cm³/mol. The summed E-state index contributed by atoms with van der Waals surface area (Å²) < 4.78 is 8.39. The summed E-state index contributed by atoms with van der Waals surface area (Å²) in [6.45, 7) is -0.0461. The molecule has 1 N–H and O–H groups in total. The molecule has 0 radical (unpaired) electrons. The number of ether oxygens (including phenoxy) is 1. The number of aromatic nitrogens is 2. The lowest BCUT2D eigenvalue weighted by molar-refractivity contribution is -0.118. The molecule has 0 aliphatic rings. The lowest BCUT2D eigenvalue weighted by Gasteiger charge is -2.08. The van der Waals surface area contributed by atoms with Crippen molar-refractivity contribution in [1.29, 1.82) is 0 Å². The Morgan fingerprint density at radius 2 is 2.08 bits per heavy atom. The van der Waals surface area contributed by atoms with Crippen LogP contribution in [0.25, 0.3) is 16.2 Å². The number of amides is 1. The maximum absolute atomic E-state index is 12.0. The Hall–Kier alpha value is -2.64. The topological polar surface area (TPSA) is 55.6 Å². The van der Waals surface area contributed by atoms with Crippen molar-refractivity contribution in [2.24, 2.45) is 0 Å². The number of rotatable bonds is 5. The Labute approximate surface area is 162 Å². The van der Waals surface area contributed by atoms with E-state index in [4.69, 9.17) is 4.74 Å². The van der Waals surface area contributed by atoms with Crippen LogP contribution in [-0.4, -0.2) is 21.9 Å². The van der Waals surface area contributed by atoms with Gasteiger partial charge in [0.15, 0.2) is 11.6 Å². The first-order valence-electron chi connectivity index (χ1n) is 7.88. The largest absolute Gasteiger partial charge is 0.484 e. The number of carbonyl (C=O) groups is 1. The van der Waals surface area contributed by atoms with Crippen molar-refractivity contribution >= 4 is 43.8 Å². The monoisotopic (exact) mass is 427 g/mol. The van der Waals surface area contributed by atoms with Gasteiger partial charge in [-0.05, 0) is 30.3 Å². The molecule has 4 rings (SSSR count). The number of hydrogen-bond donors (Lipinski definition) is 1. The number of fused-ring (bicyclic) bond motifs is 1. The van der Waals surface area contributed by atoms with E-state index in [1.54, 1.807) is 11.3 Å². The fraction of sp³-hybridized carbons (Fsp3) is 0.0526. The number of hydrogen-bond acceptors (Lipinski definition) is 4. The SMILES string of the molecule is O=C(COc1cccc(Br)c1)Nc1ccc(-c2cn3ccsc3n2)cc1. The van der Waals surface area contributed by atoms with Crippen molar-refractivity contribution in [2.45, 2.75) is 0 Å². The molecule has 2 aromatic carbocycles. The van der Waals surface area contributed by atoms with Crippen molar-refractivity contribution in [2.75, 3.05) is 11.9 Å². The van der Waals surface area contributed by atoms with Crippen LogP contribution in [-0.2, 0) is 4.79 Å². The standard InChI is InChI=1S/C19H14BrN3O2S/c20-14-2-1-3-16(10-14)25-12-18(24)21-15-6-4-13(5-7-15)17-11-23-8-9-26-19(23)22-17/h1-11H,12H2,(H,21,24). The van der Waals surface area contributed by atoms with Crippen LogP contribution in [0.4, 0.5) is 5.69 Å². The Bertz CT molecular complexity index is 1030. The summed E-state index contributed by atoms with van der Waals surface area (Å²) in [5, 5.41) is 4.83. The Morgan fingerprint density at radius 1 is 1.23 bits per heavy atom. The molecule has 0 aliphatic carbocycles. The van der Waals surface area contributed by atoms with E-state index < -0.39 is 0 Å². The summed E-state index contributed by atoms with van der Waals surface area (Å²) in [5.41, 5.74) is 2.63. The first-order chi connectivity index (χ1) is 12.7. The van der Waals surface area contributed by atoms with Crippen LogP contribution >= 0.6 is 27.3 Å². The number of imidazole rings is 1. The third-order valence-electron chi connectivity index (χ3n) is 3.72. The van der Waals surface area contributed by atoms with Gasteiger partial charge in [0.05, 0.1) is 5.69 Å². The molecule has 0 saturated heterocycles. The van der Waals surface area contributed by atoms with Gasteiger partial charge in [-0.3, -0.25) is 9.20 Å². The summed E-state index contributed by atoms with van der Waals surface area (Å²) in [4.78, 5) is 17.6. The van der Waals surface area contributed by atoms with Crippen LogP contribution in [0.2, 0.25) is 0 Å². The van der Waals surface area contributed by atoms with Gasteiger partial charge in [-0.2, -0.15) is 0 Å². The van der Waals surface area contributed by atoms with Gasteiger partial charge in [0.25, 0.3) is 5.91 Å². The maximum atomic E-state index is 12.0. The van der Waals surface area contributed by atoms with E-state index in [9.17, 15) is 4.79 Å². The fourth-order valence-electron chi connectivity index (χ4n) is 2.49. The minimum absolute atomic E-state index is 0.0461. The summed E-state index contributed by atoms with van der Waals surface area (Å²) in [6.07, 6.45) is 3.97. The van der Waals surface area contributed by atoms with Crippen LogP contribution in [0.5, 0.6) is 5.75 Å². The van der Waals surface area contributed by atoms with Crippen LogP contribution in [0.3, 0.4) is 0 Å². The van der Waals surface area contributed by atoms with Crippen LogP contribution in [0, 0.1) is 0 Å². The minimum atomic E-state index is -0.208. The van der Waals surface area contributed by atoms with Gasteiger partial charge in [0.1, 0.15) is 5.75 Å². The van der Waals surface area contributed by atoms with Gasteiger partial charge in [-0.15, -0.1) is 11.3 Å². The first-order valence-corrected chi connectivity index (χ1v) is 9.55. The molecule has 0 fully saturated rings. The molecule has 5 nitrogen and oxygen atoms in total. The van der Waals surface area contributed by atoms with Crippen molar-refractivity contribution < 1.29 is 9.53 Å². The lowest BCUT2D eigenvalue weighted by atomic mass is 10.1. The lowest BCUT2D eigenvalue weighted by Crippen LogP contribution is -2.20. The zero-order valence-corrected chi connectivity index (χ0v) is 16.0. The normalized spacial score (nSPS) is 10.8. The Kier molecular flexibility index (Phi) is 4.73.